The first-order valence-electron chi connectivity index (χ1n) is 8.53. The zero-order valence-corrected chi connectivity index (χ0v) is 16.1. The van der Waals surface area contributed by atoms with Crippen molar-refractivity contribution in [2.45, 2.75) is 27.2 Å². The number of amides is 1. The Kier molecular flexibility index (Phi) is 7.01. The molecule has 1 N–H and O–H groups in total. The summed E-state index contributed by atoms with van der Waals surface area (Å²) < 4.78 is 11.2. The van der Waals surface area contributed by atoms with Crippen molar-refractivity contribution in [2.24, 2.45) is 0 Å². The zero-order valence-electron chi connectivity index (χ0n) is 15.4. The van der Waals surface area contributed by atoms with E-state index in [4.69, 9.17) is 21.1 Å². The molecular formula is C19H21ClN2O5. The third-order valence-electron chi connectivity index (χ3n) is 3.77. The van der Waals surface area contributed by atoms with Crippen molar-refractivity contribution >= 4 is 28.9 Å². The molecule has 27 heavy (non-hydrogen) atoms. The van der Waals surface area contributed by atoms with E-state index < -0.39 is 10.8 Å². The van der Waals surface area contributed by atoms with Gasteiger partial charge in [0.2, 0.25) is 0 Å². The van der Waals surface area contributed by atoms with E-state index in [1.807, 2.05) is 13.8 Å². The van der Waals surface area contributed by atoms with Crippen molar-refractivity contribution in [3.63, 3.8) is 0 Å². The number of rotatable bonds is 8. The van der Waals surface area contributed by atoms with Crippen LogP contribution in [0, 0.1) is 17.0 Å². The van der Waals surface area contributed by atoms with Gasteiger partial charge in [0, 0.05) is 11.6 Å². The lowest BCUT2D eigenvalue weighted by Crippen LogP contribution is -2.14. The average molecular weight is 393 g/mol. The number of anilines is 1. The Morgan fingerprint density at radius 3 is 2.63 bits per heavy atom. The monoisotopic (exact) mass is 392 g/mol. The summed E-state index contributed by atoms with van der Waals surface area (Å²) in [4.78, 5) is 23.2. The Morgan fingerprint density at radius 1 is 1.26 bits per heavy atom. The Labute approximate surface area is 162 Å². The molecule has 0 aliphatic carbocycles. The molecule has 0 saturated heterocycles. The molecule has 0 unspecified atom stereocenters. The van der Waals surface area contributed by atoms with E-state index in [1.54, 1.807) is 19.1 Å². The first-order valence-corrected chi connectivity index (χ1v) is 8.91. The number of carbonyl (C=O) groups is 1. The molecule has 144 valence electrons. The number of hydrogen-bond acceptors (Lipinski definition) is 5. The quantitative estimate of drug-likeness (QED) is 0.504. The molecule has 0 saturated carbocycles. The SMILES string of the molecule is CCCOc1c(Cl)cc(C(=O)Nc2cccc([N+](=O)[O-])c2C)cc1OCC. The largest absolute Gasteiger partial charge is 0.490 e. The van der Waals surface area contributed by atoms with Crippen LogP contribution in [-0.2, 0) is 0 Å². The van der Waals surface area contributed by atoms with E-state index >= 15 is 0 Å². The van der Waals surface area contributed by atoms with Gasteiger partial charge in [-0.25, -0.2) is 0 Å². The van der Waals surface area contributed by atoms with Gasteiger partial charge in [-0.2, -0.15) is 0 Å². The van der Waals surface area contributed by atoms with Crippen LogP contribution in [0.5, 0.6) is 11.5 Å². The maximum atomic E-state index is 12.6. The minimum absolute atomic E-state index is 0.0656. The molecule has 2 aromatic rings. The lowest BCUT2D eigenvalue weighted by molar-refractivity contribution is -0.385. The second kappa shape index (κ2) is 9.23. The number of benzene rings is 2. The Morgan fingerprint density at radius 2 is 2.00 bits per heavy atom. The molecule has 1 amide bonds. The van der Waals surface area contributed by atoms with E-state index in [2.05, 4.69) is 5.32 Å². The standard InChI is InChI=1S/C19H21ClN2O5/c1-4-9-27-18-14(20)10-13(11-17(18)26-5-2)19(23)21-15-7-6-8-16(12(15)3)22(24)25/h6-8,10-11H,4-5,9H2,1-3H3,(H,21,23). The normalized spacial score (nSPS) is 10.4. The van der Waals surface area contributed by atoms with Crippen LogP contribution < -0.4 is 14.8 Å². The van der Waals surface area contributed by atoms with Crippen LogP contribution in [0.15, 0.2) is 30.3 Å². The summed E-state index contributed by atoms with van der Waals surface area (Å²) in [7, 11) is 0. The van der Waals surface area contributed by atoms with E-state index in [-0.39, 0.29) is 16.3 Å². The minimum atomic E-state index is -0.491. The second-order valence-electron chi connectivity index (χ2n) is 5.73. The number of nitrogens with one attached hydrogen (secondary N) is 1. The highest BCUT2D eigenvalue weighted by Gasteiger charge is 2.19. The number of carbonyl (C=O) groups excluding carboxylic acids is 1. The van der Waals surface area contributed by atoms with Crippen molar-refractivity contribution in [3.8, 4) is 11.5 Å². The molecule has 0 radical (unpaired) electrons. The third-order valence-corrected chi connectivity index (χ3v) is 4.05. The Hall–Kier alpha value is -2.80. The topological polar surface area (TPSA) is 90.7 Å². The van der Waals surface area contributed by atoms with Gasteiger partial charge < -0.3 is 14.8 Å². The van der Waals surface area contributed by atoms with Gasteiger partial charge >= 0.3 is 0 Å². The van der Waals surface area contributed by atoms with Crippen LogP contribution in [0.4, 0.5) is 11.4 Å². The van der Waals surface area contributed by atoms with Gasteiger partial charge in [-0.15, -0.1) is 0 Å². The van der Waals surface area contributed by atoms with Crippen molar-refractivity contribution in [2.75, 3.05) is 18.5 Å². The fourth-order valence-electron chi connectivity index (χ4n) is 2.46. The number of ether oxygens (including phenoxy) is 2. The highest BCUT2D eigenvalue weighted by molar-refractivity contribution is 6.32. The lowest BCUT2D eigenvalue weighted by atomic mass is 10.1. The first kappa shape index (κ1) is 20.5. The van der Waals surface area contributed by atoms with Crippen LogP contribution in [0.3, 0.4) is 0 Å². The number of nitrogens with zero attached hydrogens (tertiary/aromatic N) is 1. The smallest absolute Gasteiger partial charge is 0.274 e. The maximum Gasteiger partial charge on any atom is 0.274 e. The average Bonchev–Trinajstić information content (AvgIpc) is 2.62. The van der Waals surface area contributed by atoms with Gasteiger partial charge in [0.1, 0.15) is 0 Å². The zero-order chi connectivity index (χ0) is 20.0. The molecule has 0 atom stereocenters. The highest BCUT2D eigenvalue weighted by atomic mass is 35.5. The van der Waals surface area contributed by atoms with Gasteiger partial charge in [-0.3, -0.25) is 14.9 Å². The van der Waals surface area contributed by atoms with E-state index in [0.29, 0.717) is 36.0 Å². The van der Waals surface area contributed by atoms with Gasteiger partial charge in [0.15, 0.2) is 11.5 Å². The Balaban J connectivity index is 2.34. The van der Waals surface area contributed by atoms with Gasteiger partial charge in [-0.1, -0.05) is 24.6 Å². The molecule has 8 heteroatoms. The number of nitro groups is 1. The molecule has 7 nitrogen and oxygen atoms in total. The minimum Gasteiger partial charge on any atom is -0.490 e. The Bertz CT molecular complexity index is 854. The predicted octanol–water partition coefficient (Wildman–Crippen LogP) is 5.00. The number of halogens is 1. The summed E-state index contributed by atoms with van der Waals surface area (Å²) in [5.41, 5.74) is 0.923. The van der Waals surface area contributed by atoms with Gasteiger partial charge in [0.05, 0.1) is 34.4 Å². The van der Waals surface area contributed by atoms with Gasteiger partial charge in [-0.05, 0) is 38.5 Å². The molecule has 0 heterocycles. The summed E-state index contributed by atoms with van der Waals surface area (Å²) in [5.74, 6) is 0.311. The fourth-order valence-corrected chi connectivity index (χ4v) is 2.72. The van der Waals surface area contributed by atoms with Crippen LogP contribution in [0.2, 0.25) is 5.02 Å². The van der Waals surface area contributed by atoms with E-state index in [1.165, 1.54) is 18.2 Å². The maximum absolute atomic E-state index is 12.6. The van der Waals surface area contributed by atoms with Crippen molar-refractivity contribution in [3.05, 3.63) is 56.6 Å². The van der Waals surface area contributed by atoms with E-state index in [0.717, 1.165) is 6.42 Å². The summed E-state index contributed by atoms with van der Waals surface area (Å²) in [6.45, 7) is 6.22. The number of nitro benzene ring substituents is 1. The van der Waals surface area contributed by atoms with Crippen LogP contribution in [-0.4, -0.2) is 24.0 Å². The van der Waals surface area contributed by atoms with Crippen LogP contribution in [0.1, 0.15) is 36.2 Å². The molecule has 0 bridgehead atoms. The summed E-state index contributed by atoms with van der Waals surface area (Å²) in [6, 6.07) is 7.53. The molecule has 0 spiro atoms. The molecule has 0 aliphatic heterocycles. The van der Waals surface area contributed by atoms with Crippen molar-refractivity contribution in [1.82, 2.24) is 0 Å². The summed E-state index contributed by atoms with van der Waals surface area (Å²) in [6.07, 6.45) is 0.802. The van der Waals surface area contributed by atoms with Crippen molar-refractivity contribution < 1.29 is 19.2 Å². The lowest BCUT2D eigenvalue weighted by Gasteiger charge is -2.15. The number of hydrogen-bond donors (Lipinski definition) is 1. The van der Waals surface area contributed by atoms with Gasteiger partial charge in [0.25, 0.3) is 11.6 Å². The predicted molar refractivity (Wildman–Crippen MR) is 104 cm³/mol. The fraction of sp³-hybridized carbons (Fsp3) is 0.316. The van der Waals surface area contributed by atoms with Crippen LogP contribution >= 0.6 is 11.6 Å². The molecular weight excluding hydrogens is 372 g/mol. The summed E-state index contributed by atoms with van der Waals surface area (Å²) in [5, 5.41) is 14.0. The molecule has 2 rings (SSSR count). The van der Waals surface area contributed by atoms with Crippen LogP contribution in [0.25, 0.3) is 0 Å². The molecule has 2 aromatic carbocycles. The highest BCUT2D eigenvalue weighted by Crippen LogP contribution is 2.37. The summed E-state index contributed by atoms with van der Waals surface area (Å²) >= 11 is 6.28. The van der Waals surface area contributed by atoms with Crippen molar-refractivity contribution in [1.29, 1.82) is 0 Å². The molecule has 0 fully saturated rings. The first-order chi connectivity index (χ1) is 12.9. The molecule has 0 aromatic heterocycles. The molecule has 0 aliphatic rings. The third kappa shape index (κ3) is 4.89. The van der Waals surface area contributed by atoms with E-state index in [9.17, 15) is 14.9 Å². The second-order valence-corrected chi connectivity index (χ2v) is 6.13.